The van der Waals surface area contributed by atoms with Crippen molar-refractivity contribution in [1.29, 1.82) is 0 Å². The summed E-state index contributed by atoms with van der Waals surface area (Å²) >= 11 is 0. The Morgan fingerprint density at radius 3 is 2.88 bits per heavy atom. The van der Waals surface area contributed by atoms with Crippen molar-refractivity contribution in [3.8, 4) is 0 Å². The Morgan fingerprint density at radius 2 is 2.31 bits per heavy atom. The van der Waals surface area contributed by atoms with Crippen LogP contribution < -0.4 is 10.2 Å². The lowest BCUT2D eigenvalue weighted by atomic mass is 10.2. The number of hydrogen-bond acceptors (Lipinski definition) is 3. The van der Waals surface area contributed by atoms with Gasteiger partial charge in [-0.15, -0.1) is 6.58 Å². The predicted octanol–water partition coefficient (Wildman–Crippen LogP) is 2.20. The summed E-state index contributed by atoms with van der Waals surface area (Å²) in [6.07, 6.45) is 3.77. The normalized spacial score (nSPS) is 10.5. The third-order valence-electron chi connectivity index (χ3n) is 2.43. The van der Waals surface area contributed by atoms with E-state index in [2.05, 4.69) is 41.7 Å². The summed E-state index contributed by atoms with van der Waals surface area (Å²) in [5.74, 6) is 1.02. The second-order valence-corrected chi connectivity index (χ2v) is 4.09. The number of anilines is 1. The Morgan fingerprint density at radius 1 is 1.56 bits per heavy atom. The lowest BCUT2D eigenvalue weighted by molar-refractivity contribution is 0.710. The molecule has 0 saturated heterocycles. The van der Waals surface area contributed by atoms with Crippen molar-refractivity contribution in [2.45, 2.75) is 26.4 Å². The number of rotatable bonds is 6. The van der Waals surface area contributed by atoms with Gasteiger partial charge in [0.25, 0.3) is 0 Å². The molecule has 3 heteroatoms. The summed E-state index contributed by atoms with van der Waals surface area (Å²) in [5.41, 5.74) is 1.25. The fourth-order valence-corrected chi connectivity index (χ4v) is 1.64. The topological polar surface area (TPSA) is 28.2 Å². The van der Waals surface area contributed by atoms with E-state index < -0.39 is 0 Å². The van der Waals surface area contributed by atoms with Crippen molar-refractivity contribution in [2.75, 3.05) is 18.5 Å². The van der Waals surface area contributed by atoms with Gasteiger partial charge in [-0.05, 0) is 38.6 Å². The van der Waals surface area contributed by atoms with Gasteiger partial charge in [0.1, 0.15) is 5.82 Å². The molecule has 0 amide bonds. The quantitative estimate of drug-likeness (QED) is 0.743. The Kier molecular flexibility index (Phi) is 4.99. The number of nitrogens with one attached hydrogen (secondary N) is 1. The summed E-state index contributed by atoms with van der Waals surface area (Å²) in [7, 11) is 1.95. The lowest BCUT2D eigenvalue weighted by Crippen LogP contribution is -2.31. The van der Waals surface area contributed by atoms with E-state index in [1.54, 1.807) is 0 Å². The molecule has 0 aliphatic carbocycles. The van der Waals surface area contributed by atoms with Gasteiger partial charge in [0.05, 0.1) is 0 Å². The molecule has 0 aliphatic heterocycles. The molecule has 0 radical (unpaired) electrons. The van der Waals surface area contributed by atoms with E-state index in [0.717, 1.165) is 18.9 Å². The van der Waals surface area contributed by atoms with E-state index in [1.807, 2.05) is 25.4 Å². The van der Waals surface area contributed by atoms with E-state index >= 15 is 0 Å². The van der Waals surface area contributed by atoms with Gasteiger partial charge < -0.3 is 10.2 Å². The molecule has 0 aromatic carbocycles. The molecule has 0 spiro atoms. The summed E-state index contributed by atoms with van der Waals surface area (Å²) < 4.78 is 0. The molecule has 1 aromatic rings. The average Bonchev–Trinajstić information content (AvgIpc) is 2.26. The zero-order valence-corrected chi connectivity index (χ0v) is 10.4. The second-order valence-electron chi connectivity index (χ2n) is 4.09. The number of hydrogen-bond donors (Lipinski definition) is 1. The molecule has 0 aliphatic rings. The van der Waals surface area contributed by atoms with Crippen molar-refractivity contribution in [3.05, 3.63) is 36.5 Å². The first-order valence-electron chi connectivity index (χ1n) is 5.66. The Labute approximate surface area is 98.2 Å². The Bertz CT molecular complexity index is 334. The molecule has 1 aromatic heterocycles. The highest BCUT2D eigenvalue weighted by Crippen LogP contribution is 2.15. The standard InChI is InChI=1S/C13H21N3/c1-5-8-16(11(2)3)13-9-12(10-14-4)6-7-15-13/h5-7,9,11,14H,1,8,10H2,2-4H3. The van der Waals surface area contributed by atoms with Gasteiger partial charge in [-0.3, -0.25) is 0 Å². The van der Waals surface area contributed by atoms with Crippen LogP contribution in [-0.2, 0) is 6.54 Å². The first kappa shape index (κ1) is 12.7. The lowest BCUT2D eigenvalue weighted by Gasteiger charge is -2.26. The van der Waals surface area contributed by atoms with Crippen LogP contribution in [0.25, 0.3) is 0 Å². The summed E-state index contributed by atoms with van der Waals surface area (Å²) in [6, 6.07) is 4.59. The zero-order valence-electron chi connectivity index (χ0n) is 10.4. The highest BCUT2D eigenvalue weighted by Gasteiger charge is 2.10. The van der Waals surface area contributed by atoms with Crippen LogP contribution in [-0.4, -0.2) is 24.6 Å². The van der Waals surface area contributed by atoms with Gasteiger partial charge in [-0.25, -0.2) is 4.98 Å². The van der Waals surface area contributed by atoms with Crippen molar-refractivity contribution >= 4 is 5.82 Å². The molecular weight excluding hydrogens is 198 g/mol. The molecule has 16 heavy (non-hydrogen) atoms. The molecule has 0 fully saturated rings. The van der Waals surface area contributed by atoms with Gasteiger partial charge in [0.15, 0.2) is 0 Å². The Balaban J connectivity index is 2.90. The first-order chi connectivity index (χ1) is 7.69. The van der Waals surface area contributed by atoms with Crippen LogP contribution in [0.5, 0.6) is 0 Å². The number of pyridine rings is 1. The minimum Gasteiger partial charge on any atom is -0.350 e. The summed E-state index contributed by atoms with van der Waals surface area (Å²) in [4.78, 5) is 6.64. The molecule has 1 heterocycles. The molecular formula is C13H21N3. The predicted molar refractivity (Wildman–Crippen MR) is 69.7 cm³/mol. The van der Waals surface area contributed by atoms with Crippen molar-refractivity contribution in [3.63, 3.8) is 0 Å². The van der Waals surface area contributed by atoms with Gasteiger partial charge in [-0.1, -0.05) is 6.08 Å². The summed E-state index contributed by atoms with van der Waals surface area (Å²) in [6.45, 7) is 9.81. The van der Waals surface area contributed by atoms with Gasteiger partial charge >= 0.3 is 0 Å². The molecule has 0 unspecified atom stereocenters. The molecule has 1 rings (SSSR count). The minimum absolute atomic E-state index is 0.426. The van der Waals surface area contributed by atoms with Crippen LogP contribution >= 0.6 is 0 Å². The van der Waals surface area contributed by atoms with E-state index in [1.165, 1.54) is 5.56 Å². The number of nitrogens with zero attached hydrogens (tertiary/aromatic N) is 2. The molecule has 0 bridgehead atoms. The molecule has 0 atom stereocenters. The maximum atomic E-state index is 4.41. The average molecular weight is 219 g/mol. The molecule has 3 nitrogen and oxygen atoms in total. The highest BCUT2D eigenvalue weighted by molar-refractivity contribution is 5.42. The maximum absolute atomic E-state index is 4.41. The first-order valence-corrected chi connectivity index (χ1v) is 5.66. The van der Waals surface area contributed by atoms with E-state index in [0.29, 0.717) is 6.04 Å². The highest BCUT2D eigenvalue weighted by atomic mass is 15.2. The van der Waals surface area contributed by atoms with Crippen LogP contribution in [0.3, 0.4) is 0 Å². The van der Waals surface area contributed by atoms with Crippen molar-refractivity contribution in [1.82, 2.24) is 10.3 Å². The van der Waals surface area contributed by atoms with E-state index in [-0.39, 0.29) is 0 Å². The van der Waals surface area contributed by atoms with Gasteiger partial charge in [0.2, 0.25) is 0 Å². The smallest absolute Gasteiger partial charge is 0.129 e. The van der Waals surface area contributed by atoms with Crippen molar-refractivity contribution in [2.24, 2.45) is 0 Å². The van der Waals surface area contributed by atoms with Crippen LogP contribution in [0.4, 0.5) is 5.82 Å². The monoisotopic (exact) mass is 219 g/mol. The number of aromatic nitrogens is 1. The fraction of sp³-hybridized carbons (Fsp3) is 0.462. The summed E-state index contributed by atoms with van der Waals surface area (Å²) in [5, 5.41) is 3.14. The van der Waals surface area contributed by atoms with Gasteiger partial charge in [-0.2, -0.15) is 0 Å². The largest absolute Gasteiger partial charge is 0.350 e. The fourth-order valence-electron chi connectivity index (χ4n) is 1.64. The van der Waals surface area contributed by atoms with E-state index in [4.69, 9.17) is 0 Å². The Hall–Kier alpha value is -1.35. The molecule has 1 N–H and O–H groups in total. The van der Waals surface area contributed by atoms with E-state index in [9.17, 15) is 0 Å². The van der Waals surface area contributed by atoms with Crippen LogP contribution in [0.15, 0.2) is 31.0 Å². The van der Waals surface area contributed by atoms with Crippen LogP contribution in [0.2, 0.25) is 0 Å². The zero-order chi connectivity index (χ0) is 12.0. The maximum Gasteiger partial charge on any atom is 0.129 e. The molecule has 88 valence electrons. The van der Waals surface area contributed by atoms with Crippen LogP contribution in [0, 0.1) is 0 Å². The van der Waals surface area contributed by atoms with Crippen LogP contribution in [0.1, 0.15) is 19.4 Å². The SMILES string of the molecule is C=CCN(c1cc(CNC)ccn1)C(C)C. The van der Waals surface area contributed by atoms with Crippen molar-refractivity contribution < 1.29 is 0 Å². The molecule has 0 saturated carbocycles. The minimum atomic E-state index is 0.426. The third kappa shape index (κ3) is 3.35. The van der Waals surface area contributed by atoms with Gasteiger partial charge in [0, 0.05) is 25.3 Å². The second kappa shape index (κ2) is 6.28. The third-order valence-corrected chi connectivity index (χ3v) is 2.43.